The molecule has 27 heavy (non-hydrogen) atoms. The van der Waals surface area contributed by atoms with Gasteiger partial charge in [0.05, 0.1) is 18.4 Å². The van der Waals surface area contributed by atoms with Crippen LogP contribution in [-0.4, -0.2) is 22.8 Å². The van der Waals surface area contributed by atoms with Crippen LogP contribution in [0, 0.1) is 0 Å². The molecule has 1 aromatic heterocycles. The van der Waals surface area contributed by atoms with Crippen molar-refractivity contribution in [1.29, 1.82) is 0 Å². The van der Waals surface area contributed by atoms with Crippen molar-refractivity contribution >= 4 is 16.9 Å². The molecule has 0 atom stereocenters. The Kier molecular flexibility index (Phi) is 5.45. The maximum absolute atomic E-state index is 12.7. The van der Waals surface area contributed by atoms with E-state index in [1.165, 1.54) is 30.3 Å². The van der Waals surface area contributed by atoms with Crippen LogP contribution in [0.15, 0.2) is 51.7 Å². The summed E-state index contributed by atoms with van der Waals surface area (Å²) < 4.78 is 10.9. The normalized spacial score (nSPS) is 10.9. The average molecular weight is 368 g/mol. The molecule has 0 amide bonds. The maximum atomic E-state index is 12.7. The third-order valence-corrected chi connectivity index (χ3v) is 4.14. The number of hydrogen-bond acceptors (Lipinski definition) is 6. The van der Waals surface area contributed by atoms with Crippen LogP contribution in [0.4, 0.5) is 0 Å². The largest absolute Gasteiger partial charge is 0.508 e. The molecule has 3 rings (SSSR count). The van der Waals surface area contributed by atoms with Gasteiger partial charge in [-0.05, 0) is 42.3 Å². The topological polar surface area (TPSA) is 97.0 Å². The van der Waals surface area contributed by atoms with Gasteiger partial charge in [0, 0.05) is 17.7 Å². The fourth-order valence-electron chi connectivity index (χ4n) is 2.80. The third-order valence-electron chi connectivity index (χ3n) is 4.14. The fraction of sp³-hybridized carbons (Fsp3) is 0.238. The van der Waals surface area contributed by atoms with E-state index in [1.54, 1.807) is 12.1 Å². The lowest BCUT2D eigenvalue weighted by molar-refractivity contribution is -0.142. The number of benzene rings is 2. The van der Waals surface area contributed by atoms with Gasteiger partial charge in [0.1, 0.15) is 22.8 Å². The van der Waals surface area contributed by atoms with E-state index < -0.39 is 5.97 Å². The van der Waals surface area contributed by atoms with Gasteiger partial charge in [-0.1, -0.05) is 13.3 Å². The van der Waals surface area contributed by atoms with Crippen molar-refractivity contribution < 1.29 is 24.2 Å². The molecule has 0 aliphatic heterocycles. The second-order valence-corrected chi connectivity index (χ2v) is 6.25. The first-order chi connectivity index (χ1) is 13.0. The fourth-order valence-corrected chi connectivity index (χ4v) is 2.80. The Morgan fingerprint density at radius 3 is 2.52 bits per heavy atom. The zero-order chi connectivity index (χ0) is 19.4. The van der Waals surface area contributed by atoms with Gasteiger partial charge in [0.15, 0.2) is 5.43 Å². The van der Waals surface area contributed by atoms with Gasteiger partial charge >= 0.3 is 5.97 Å². The summed E-state index contributed by atoms with van der Waals surface area (Å²) in [6.45, 7) is 2.32. The number of esters is 1. The molecule has 0 saturated heterocycles. The van der Waals surface area contributed by atoms with Crippen LogP contribution in [0.2, 0.25) is 0 Å². The average Bonchev–Trinajstić information content (AvgIpc) is 2.61. The van der Waals surface area contributed by atoms with Gasteiger partial charge in [0.2, 0.25) is 0 Å². The minimum Gasteiger partial charge on any atom is -0.508 e. The number of phenolic OH excluding ortho intramolecular Hbond substituents is 2. The Morgan fingerprint density at radius 1 is 1.07 bits per heavy atom. The summed E-state index contributed by atoms with van der Waals surface area (Å²) in [5.74, 6) is -0.166. The Balaban J connectivity index is 2.00. The molecule has 0 fully saturated rings. The van der Waals surface area contributed by atoms with E-state index in [0.717, 1.165) is 12.8 Å². The lowest BCUT2D eigenvalue weighted by Crippen LogP contribution is -2.12. The van der Waals surface area contributed by atoms with Crippen LogP contribution in [0.3, 0.4) is 0 Å². The van der Waals surface area contributed by atoms with Crippen molar-refractivity contribution in [2.24, 2.45) is 0 Å². The highest BCUT2D eigenvalue weighted by atomic mass is 16.5. The lowest BCUT2D eigenvalue weighted by Gasteiger charge is -2.09. The van der Waals surface area contributed by atoms with Crippen LogP contribution < -0.4 is 5.43 Å². The van der Waals surface area contributed by atoms with Crippen molar-refractivity contribution in [3.8, 4) is 22.8 Å². The maximum Gasteiger partial charge on any atom is 0.310 e. The molecule has 0 spiro atoms. The van der Waals surface area contributed by atoms with E-state index in [2.05, 4.69) is 0 Å². The summed E-state index contributed by atoms with van der Waals surface area (Å²) >= 11 is 0. The van der Waals surface area contributed by atoms with E-state index in [1.807, 2.05) is 6.92 Å². The molecule has 0 bridgehead atoms. The number of carbonyl (C=O) groups is 1. The minimum absolute atomic E-state index is 0.100. The third kappa shape index (κ3) is 4.28. The summed E-state index contributed by atoms with van der Waals surface area (Å²) in [6, 6.07) is 10.3. The van der Waals surface area contributed by atoms with E-state index in [-0.39, 0.29) is 34.3 Å². The second kappa shape index (κ2) is 7.95. The number of unbranched alkanes of at least 4 members (excludes halogenated alkanes) is 1. The van der Waals surface area contributed by atoms with E-state index in [4.69, 9.17) is 9.15 Å². The molecule has 140 valence electrons. The van der Waals surface area contributed by atoms with Gasteiger partial charge in [-0.2, -0.15) is 0 Å². The summed E-state index contributed by atoms with van der Waals surface area (Å²) in [7, 11) is 0. The predicted octanol–water partition coefficient (Wildman–Crippen LogP) is 3.76. The standard InChI is InChI=1S/C21H20O6/c1-2-3-8-26-20(25)10-14-9-16(23)11-19-21(14)17(24)12-18(27-19)13-4-6-15(22)7-5-13/h4-7,9,11-12,22-23H,2-3,8,10H2,1H3. The van der Waals surface area contributed by atoms with Crippen LogP contribution >= 0.6 is 0 Å². The Bertz CT molecular complexity index is 1020. The molecule has 2 aromatic carbocycles. The smallest absolute Gasteiger partial charge is 0.310 e. The first-order valence-electron chi connectivity index (χ1n) is 8.72. The van der Waals surface area contributed by atoms with Gasteiger partial charge in [-0.3, -0.25) is 9.59 Å². The summed E-state index contributed by atoms with van der Waals surface area (Å²) in [6.07, 6.45) is 1.55. The first-order valence-corrected chi connectivity index (χ1v) is 8.72. The number of phenols is 2. The highest BCUT2D eigenvalue weighted by Crippen LogP contribution is 2.28. The quantitative estimate of drug-likeness (QED) is 0.508. The Morgan fingerprint density at radius 2 is 1.81 bits per heavy atom. The van der Waals surface area contributed by atoms with Gasteiger partial charge < -0.3 is 19.4 Å². The monoisotopic (exact) mass is 368 g/mol. The predicted molar refractivity (Wildman–Crippen MR) is 101 cm³/mol. The first kappa shape index (κ1) is 18.5. The zero-order valence-corrected chi connectivity index (χ0v) is 14.9. The Labute approximate surface area is 155 Å². The van der Waals surface area contributed by atoms with E-state index in [9.17, 15) is 19.8 Å². The van der Waals surface area contributed by atoms with E-state index in [0.29, 0.717) is 23.5 Å². The molecular formula is C21H20O6. The molecule has 0 saturated carbocycles. The van der Waals surface area contributed by atoms with Crippen molar-refractivity contribution in [1.82, 2.24) is 0 Å². The molecule has 6 nitrogen and oxygen atoms in total. The molecule has 0 aliphatic rings. The molecule has 0 aliphatic carbocycles. The molecule has 0 radical (unpaired) electrons. The summed E-state index contributed by atoms with van der Waals surface area (Å²) in [5.41, 5.74) is 0.825. The number of hydrogen-bond donors (Lipinski definition) is 2. The Hall–Kier alpha value is -3.28. The number of rotatable bonds is 6. The number of aromatic hydroxyl groups is 2. The van der Waals surface area contributed by atoms with Crippen molar-refractivity contribution in [3.05, 3.63) is 58.3 Å². The van der Waals surface area contributed by atoms with Crippen LogP contribution in [0.5, 0.6) is 11.5 Å². The molecule has 2 N–H and O–H groups in total. The molecule has 1 heterocycles. The summed E-state index contributed by atoms with van der Waals surface area (Å²) in [5, 5.41) is 19.6. The lowest BCUT2D eigenvalue weighted by atomic mass is 10.0. The molecular weight excluding hydrogens is 348 g/mol. The van der Waals surface area contributed by atoms with E-state index >= 15 is 0 Å². The van der Waals surface area contributed by atoms with Crippen molar-refractivity contribution in [3.63, 3.8) is 0 Å². The van der Waals surface area contributed by atoms with Crippen molar-refractivity contribution in [2.75, 3.05) is 6.61 Å². The molecule has 3 aromatic rings. The van der Waals surface area contributed by atoms with Crippen LogP contribution in [0.25, 0.3) is 22.3 Å². The van der Waals surface area contributed by atoms with Gasteiger partial charge in [-0.15, -0.1) is 0 Å². The SMILES string of the molecule is CCCCOC(=O)Cc1cc(O)cc2oc(-c3ccc(O)cc3)cc(=O)c12. The number of fused-ring (bicyclic) bond motifs is 1. The van der Waals surface area contributed by atoms with Gasteiger partial charge in [-0.25, -0.2) is 0 Å². The van der Waals surface area contributed by atoms with Crippen LogP contribution in [0.1, 0.15) is 25.3 Å². The molecule has 0 unspecified atom stereocenters. The number of ether oxygens (including phenoxy) is 1. The zero-order valence-electron chi connectivity index (χ0n) is 14.9. The van der Waals surface area contributed by atoms with Crippen LogP contribution in [-0.2, 0) is 16.0 Å². The van der Waals surface area contributed by atoms with Gasteiger partial charge in [0.25, 0.3) is 0 Å². The molecule has 6 heteroatoms. The number of carbonyl (C=O) groups excluding carboxylic acids is 1. The minimum atomic E-state index is -0.461. The highest BCUT2D eigenvalue weighted by Gasteiger charge is 2.15. The second-order valence-electron chi connectivity index (χ2n) is 6.25. The summed E-state index contributed by atoms with van der Waals surface area (Å²) in [4.78, 5) is 24.7. The highest BCUT2D eigenvalue weighted by molar-refractivity contribution is 5.87. The van der Waals surface area contributed by atoms with Crippen molar-refractivity contribution in [2.45, 2.75) is 26.2 Å².